The van der Waals surface area contributed by atoms with Gasteiger partial charge in [0.05, 0.1) is 12.6 Å². The van der Waals surface area contributed by atoms with Crippen molar-refractivity contribution >= 4 is 5.91 Å². The molecule has 1 atom stereocenters. The van der Waals surface area contributed by atoms with Crippen molar-refractivity contribution in [3.63, 3.8) is 0 Å². The van der Waals surface area contributed by atoms with Gasteiger partial charge in [-0.15, -0.1) is 0 Å². The molecular weight excluding hydrogens is 180 g/mol. The molecule has 1 amide bonds. The van der Waals surface area contributed by atoms with E-state index in [2.05, 4.69) is 5.32 Å². The highest BCUT2D eigenvalue weighted by Crippen LogP contribution is 2.27. The number of amides is 1. The van der Waals surface area contributed by atoms with Gasteiger partial charge < -0.3 is 15.3 Å². The first-order valence-electron chi connectivity index (χ1n) is 5.47. The van der Waals surface area contributed by atoms with Gasteiger partial charge in [0.25, 0.3) is 0 Å². The zero-order valence-corrected chi connectivity index (χ0v) is 8.41. The van der Waals surface area contributed by atoms with E-state index in [1.54, 1.807) is 0 Å². The van der Waals surface area contributed by atoms with Gasteiger partial charge in [0.15, 0.2) is 0 Å². The van der Waals surface area contributed by atoms with Crippen LogP contribution >= 0.6 is 0 Å². The van der Waals surface area contributed by atoms with E-state index in [1.165, 1.54) is 0 Å². The van der Waals surface area contributed by atoms with Gasteiger partial charge in [-0.3, -0.25) is 4.79 Å². The van der Waals surface area contributed by atoms with Crippen molar-refractivity contribution < 1.29 is 9.90 Å². The molecule has 0 aromatic carbocycles. The first kappa shape index (κ1) is 9.93. The first-order chi connectivity index (χ1) is 6.83. The molecule has 1 aliphatic carbocycles. The van der Waals surface area contributed by atoms with Crippen molar-refractivity contribution in [1.82, 2.24) is 10.2 Å². The highest BCUT2D eigenvalue weighted by Gasteiger charge is 2.36. The molecule has 0 spiro atoms. The SMILES string of the molecule is O=C([C@@H]1CCCN1)N(CCO)C1CC1. The highest BCUT2D eigenvalue weighted by molar-refractivity contribution is 5.82. The first-order valence-corrected chi connectivity index (χ1v) is 5.47. The third kappa shape index (κ3) is 2.07. The number of aliphatic hydroxyl groups excluding tert-OH is 1. The van der Waals surface area contributed by atoms with Crippen molar-refractivity contribution in [1.29, 1.82) is 0 Å². The standard InChI is InChI=1S/C10H18N2O2/c13-7-6-12(8-3-4-8)10(14)9-2-1-5-11-9/h8-9,11,13H,1-7H2/t9-/m0/s1. The number of carbonyl (C=O) groups is 1. The smallest absolute Gasteiger partial charge is 0.240 e. The molecule has 0 aromatic rings. The van der Waals surface area contributed by atoms with E-state index in [4.69, 9.17) is 5.11 Å². The molecule has 2 fully saturated rings. The predicted octanol–water partition coefficient (Wildman–Crippen LogP) is -0.278. The van der Waals surface area contributed by atoms with Crippen molar-refractivity contribution in [2.24, 2.45) is 0 Å². The van der Waals surface area contributed by atoms with E-state index in [1.807, 2.05) is 4.90 Å². The van der Waals surface area contributed by atoms with E-state index in [0.717, 1.165) is 32.2 Å². The van der Waals surface area contributed by atoms with Crippen molar-refractivity contribution in [2.75, 3.05) is 19.7 Å². The van der Waals surface area contributed by atoms with E-state index >= 15 is 0 Å². The Morgan fingerprint density at radius 3 is 2.71 bits per heavy atom. The predicted molar refractivity (Wildman–Crippen MR) is 52.8 cm³/mol. The lowest BCUT2D eigenvalue weighted by molar-refractivity contribution is -0.134. The molecule has 2 rings (SSSR count). The maximum atomic E-state index is 12.0. The summed E-state index contributed by atoms with van der Waals surface area (Å²) in [6, 6.07) is 0.430. The van der Waals surface area contributed by atoms with E-state index in [-0.39, 0.29) is 18.6 Å². The average molecular weight is 198 g/mol. The number of nitrogens with zero attached hydrogens (tertiary/aromatic N) is 1. The minimum atomic E-state index is 0.0159. The summed E-state index contributed by atoms with van der Waals surface area (Å²) in [5.41, 5.74) is 0. The summed E-state index contributed by atoms with van der Waals surface area (Å²) in [5.74, 6) is 0.194. The van der Waals surface area contributed by atoms with Crippen molar-refractivity contribution in [3.05, 3.63) is 0 Å². The van der Waals surface area contributed by atoms with Crippen LogP contribution in [-0.4, -0.2) is 47.7 Å². The monoisotopic (exact) mass is 198 g/mol. The Balaban J connectivity index is 1.91. The van der Waals surface area contributed by atoms with Crippen LogP contribution in [0.1, 0.15) is 25.7 Å². The molecule has 1 saturated heterocycles. The Morgan fingerprint density at radius 1 is 1.43 bits per heavy atom. The minimum Gasteiger partial charge on any atom is -0.395 e. The van der Waals surface area contributed by atoms with Crippen LogP contribution in [0.4, 0.5) is 0 Å². The summed E-state index contributed by atoms with van der Waals surface area (Å²) in [4.78, 5) is 13.8. The third-order valence-corrected chi connectivity index (χ3v) is 2.97. The molecule has 0 unspecified atom stereocenters. The van der Waals surface area contributed by atoms with E-state index in [0.29, 0.717) is 12.6 Å². The fourth-order valence-electron chi connectivity index (χ4n) is 2.06. The van der Waals surface area contributed by atoms with Crippen LogP contribution < -0.4 is 5.32 Å². The van der Waals surface area contributed by atoms with Gasteiger partial charge in [-0.2, -0.15) is 0 Å². The molecular formula is C10H18N2O2. The van der Waals surface area contributed by atoms with Gasteiger partial charge in [0.2, 0.25) is 5.91 Å². The molecule has 1 saturated carbocycles. The number of carbonyl (C=O) groups excluding carboxylic acids is 1. The summed E-state index contributed by atoms with van der Waals surface area (Å²) in [7, 11) is 0. The quantitative estimate of drug-likeness (QED) is 0.653. The largest absolute Gasteiger partial charge is 0.395 e. The Morgan fingerprint density at radius 2 is 2.21 bits per heavy atom. The molecule has 4 nitrogen and oxygen atoms in total. The fourth-order valence-corrected chi connectivity index (χ4v) is 2.06. The maximum Gasteiger partial charge on any atom is 0.240 e. The summed E-state index contributed by atoms with van der Waals surface area (Å²) < 4.78 is 0. The number of aliphatic hydroxyl groups is 1. The van der Waals surface area contributed by atoms with Crippen LogP contribution in [0.25, 0.3) is 0 Å². The topological polar surface area (TPSA) is 52.6 Å². The second kappa shape index (κ2) is 4.28. The maximum absolute atomic E-state index is 12.0. The van der Waals surface area contributed by atoms with Gasteiger partial charge in [0, 0.05) is 12.6 Å². The number of nitrogens with one attached hydrogen (secondary N) is 1. The summed E-state index contributed by atoms with van der Waals surface area (Å²) >= 11 is 0. The van der Waals surface area contributed by atoms with Crippen LogP contribution in [0.3, 0.4) is 0 Å². The van der Waals surface area contributed by atoms with E-state index < -0.39 is 0 Å². The molecule has 0 bridgehead atoms. The lowest BCUT2D eigenvalue weighted by Gasteiger charge is -2.24. The molecule has 2 aliphatic rings. The Hall–Kier alpha value is -0.610. The van der Waals surface area contributed by atoms with Gasteiger partial charge in [-0.05, 0) is 32.2 Å². The highest BCUT2D eigenvalue weighted by atomic mass is 16.3. The summed E-state index contributed by atoms with van der Waals surface area (Å²) in [6.45, 7) is 1.53. The summed E-state index contributed by atoms with van der Waals surface area (Å²) in [6.07, 6.45) is 4.26. The molecule has 2 N–H and O–H groups in total. The fraction of sp³-hybridized carbons (Fsp3) is 0.900. The lowest BCUT2D eigenvalue weighted by atomic mass is 10.2. The molecule has 0 aromatic heterocycles. The lowest BCUT2D eigenvalue weighted by Crippen LogP contribution is -2.45. The normalized spacial score (nSPS) is 26.5. The van der Waals surface area contributed by atoms with Crippen LogP contribution in [-0.2, 0) is 4.79 Å². The van der Waals surface area contributed by atoms with Gasteiger partial charge >= 0.3 is 0 Å². The van der Waals surface area contributed by atoms with Crippen molar-refractivity contribution in [3.8, 4) is 0 Å². The van der Waals surface area contributed by atoms with Crippen molar-refractivity contribution in [2.45, 2.75) is 37.8 Å². The van der Waals surface area contributed by atoms with Crippen LogP contribution in [0.2, 0.25) is 0 Å². The van der Waals surface area contributed by atoms with Gasteiger partial charge in [0.1, 0.15) is 0 Å². The zero-order valence-electron chi connectivity index (χ0n) is 8.41. The molecule has 1 heterocycles. The van der Waals surface area contributed by atoms with Crippen LogP contribution in [0.5, 0.6) is 0 Å². The Bertz CT molecular complexity index is 210. The van der Waals surface area contributed by atoms with Gasteiger partial charge in [-0.1, -0.05) is 0 Å². The third-order valence-electron chi connectivity index (χ3n) is 2.97. The average Bonchev–Trinajstić information content (AvgIpc) is 2.88. The van der Waals surface area contributed by atoms with Gasteiger partial charge in [-0.25, -0.2) is 0 Å². The second-order valence-corrected chi connectivity index (χ2v) is 4.14. The van der Waals surface area contributed by atoms with E-state index in [9.17, 15) is 4.79 Å². The number of hydrogen-bond donors (Lipinski definition) is 2. The molecule has 1 aliphatic heterocycles. The van der Waals surface area contributed by atoms with Crippen LogP contribution in [0.15, 0.2) is 0 Å². The Kier molecular flexibility index (Phi) is 3.03. The second-order valence-electron chi connectivity index (χ2n) is 4.14. The molecule has 0 radical (unpaired) electrons. The molecule has 80 valence electrons. The number of rotatable bonds is 4. The molecule has 4 heteroatoms. The van der Waals surface area contributed by atoms with Crippen LogP contribution in [0, 0.1) is 0 Å². The Labute approximate surface area is 84.3 Å². The zero-order chi connectivity index (χ0) is 9.97. The molecule has 14 heavy (non-hydrogen) atoms. The number of hydrogen-bond acceptors (Lipinski definition) is 3. The minimum absolute atomic E-state index is 0.0159. The summed E-state index contributed by atoms with van der Waals surface area (Å²) in [5, 5.41) is 12.1.